The summed E-state index contributed by atoms with van der Waals surface area (Å²) in [6, 6.07) is 11.0. The van der Waals surface area contributed by atoms with Crippen molar-refractivity contribution in [3.05, 3.63) is 68.2 Å². The molecule has 0 unspecified atom stereocenters. The number of carbonyl (C=O) groups is 1. The van der Waals surface area contributed by atoms with Gasteiger partial charge in [-0.15, -0.1) is 0 Å². The Morgan fingerprint density at radius 3 is 2.67 bits per heavy atom. The van der Waals surface area contributed by atoms with Gasteiger partial charge in [-0.05, 0) is 23.8 Å². The monoisotopic (exact) mass is 350 g/mol. The van der Waals surface area contributed by atoms with E-state index in [0.29, 0.717) is 0 Å². The summed E-state index contributed by atoms with van der Waals surface area (Å²) in [4.78, 5) is 22.0. The maximum absolute atomic E-state index is 11.9. The standard InChI is InChI=1S/C14H11BrN2O4/c15-10-3-1-2-9(6-10)8-21-14(18)12-5-4-11(17(19)20)7-13(12)16/h1-7H,8,16H2. The molecule has 0 fully saturated rings. The van der Waals surface area contributed by atoms with Gasteiger partial charge >= 0.3 is 5.97 Å². The lowest BCUT2D eigenvalue weighted by Crippen LogP contribution is -2.08. The number of hydrogen-bond acceptors (Lipinski definition) is 5. The van der Waals surface area contributed by atoms with Crippen molar-refractivity contribution in [2.75, 3.05) is 5.73 Å². The highest BCUT2D eigenvalue weighted by Gasteiger charge is 2.15. The van der Waals surface area contributed by atoms with Crippen molar-refractivity contribution in [1.82, 2.24) is 0 Å². The molecule has 2 N–H and O–H groups in total. The van der Waals surface area contributed by atoms with Gasteiger partial charge in [-0.1, -0.05) is 28.1 Å². The molecule has 0 saturated carbocycles. The fraction of sp³-hybridized carbons (Fsp3) is 0.0714. The minimum Gasteiger partial charge on any atom is -0.457 e. The molecule has 0 bridgehead atoms. The van der Waals surface area contributed by atoms with Crippen LogP contribution < -0.4 is 5.73 Å². The van der Waals surface area contributed by atoms with Gasteiger partial charge < -0.3 is 10.5 Å². The normalized spacial score (nSPS) is 10.1. The van der Waals surface area contributed by atoms with Gasteiger partial charge in [-0.2, -0.15) is 0 Å². The lowest BCUT2D eigenvalue weighted by molar-refractivity contribution is -0.384. The van der Waals surface area contributed by atoms with Crippen LogP contribution >= 0.6 is 15.9 Å². The lowest BCUT2D eigenvalue weighted by atomic mass is 10.1. The summed E-state index contributed by atoms with van der Waals surface area (Å²) in [6.45, 7) is 0.0920. The highest BCUT2D eigenvalue weighted by atomic mass is 79.9. The third kappa shape index (κ3) is 3.79. The van der Waals surface area contributed by atoms with Crippen molar-refractivity contribution in [2.45, 2.75) is 6.61 Å². The molecule has 2 aromatic carbocycles. The van der Waals surface area contributed by atoms with E-state index >= 15 is 0 Å². The van der Waals surface area contributed by atoms with E-state index in [0.717, 1.165) is 16.1 Å². The Bertz CT molecular complexity index is 703. The molecule has 21 heavy (non-hydrogen) atoms. The van der Waals surface area contributed by atoms with Gasteiger partial charge in [0.2, 0.25) is 0 Å². The van der Waals surface area contributed by atoms with E-state index in [1.807, 2.05) is 24.3 Å². The van der Waals surface area contributed by atoms with E-state index in [4.69, 9.17) is 10.5 Å². The second-order valence-electron chi connectivity index (χ2n) is 4.23. The third-order valence-corrected chi connectivity index (χ3v) is 3.22. The number of benzene rings is 2. The average Bonchev–Trinajstić information content (AvgIpc) is 2.44. The predicted molar refractivity (Wildman–Crippen MR) is 80.8 cm³/mol. The summed E-state index contributed by atoms with van der Waals surface area (Å²) >= 11 is 3.32. The number of anilines is 1. The van der Waals surface area contributed by atoms with Crippen molar-refractivity contribution in [3.8, 4) is 0 Å². The number of halogens is 1. The molecule has 0 aliphatic heterocycles. The minimum atomic E-state index is -0.623. The second-order valence-corrected chi connectivity index (χ2v) is 5.15. The zero-order valence-corrected chi connectivity index (χ0v) is 12.4. The lowest BCUT2D eigenvalue weighted by Gasteiger charge is -2.07. The highest BCUT2D eigenvalue weighted by molar-refractivity contribution is 9.10. The molecule has 0 atom stereocenters. The molecule has 2 rings (SSSR count). The second kappa shape index (κ2) is 6.36. The maximum atomic E-state index is 11.9. The number of carbonyl (C=O) groups excluding carboxylic acids is 1. The Labute approximate surface area is 128 Å². The van der Waals surface area contributed by atoms with Gasteiger partial charge in [0.15, 0.2) is 0 Å². The molecular weight excluding hydrogens is 340 g/mol. The van der Waals surface area contributed by atoms with Gasteiger partial charge in [0.05, 0.1) is 16.2 Å². The number of nitro groups is 1. The van der Waals surface area contributed by atoms with E-state index in [-0.39, 0.29) is 23.5 Å². The van der Waals surface area contributed by atoms with E-state index in [9.17, 15) is 14.9 Å². The van der Waals surface area contributed by atoms with Crippen LogP contribution in [0.4, 0.5) is 11.4 Å². The Morgan fingerprint density at radius 1 is 1.29 bits per heavy atom. The Kier molecular flexibility index (Phi) is 4.54. The first-order chi connectivity index (χ1) is 9.97. The van der Waals surface area contributed by atoms with Crippen LogP contribution in [0.25, 0.3) is 0 Å². The minimum absolute atomic E-state index is 0.0171. The number of rotatable bonds is 4. The van der Waals surface area contributed by atoms with Crippen LogP contribution in [0.1, 0.15) is 15.9 Å². The molecule has 6 nitrogen and oxygen atoms in total. The summed E-state index contributed by atoms with van der Waals surface area (Å²) in [5, 5.41) is 10.6. The third-order valence-electron chi connectivity index (χ3n) is 2.72. The van der Waals surface area contributed by atoms with Crippen LogP contribution in [0.5, 0.6) is 0 Å². The number of nitrogens with two attached hydrogens (primary N) is 1. The number of non-ortho nitro benzene ring substituents is 1. The summed E-state index contributed by atoms with van der Waals surface area (Å²) < 4.78 is 6.02. The highest BCUT2D eigenvalue weighted by Crippen LogP contribution is 2.21. The van der Waals surface area contributed by atoms with Crippen molar-refractivity contribution >= 4 is 33.3 Å². The number of ether oxygens (including phenoxy) is 1. The van der Waals surface area contributed by atoms with E-state index < -0.39 is 10.9 Å². The Hall–Kier alpha value is -2.41. The fourth-order valence-electron chi connectivity index (χ4n) is 1.70. The molecule has 0 radical (unpaired) electrons. The van der Waals surface area contributed by atoms with Crippen molar-refractivity contribution in [3.63, 3.8) is 0 Å². The molecule has 7 heteroatoms. The quantitative estimate of drug-likeness (QED) is 0.395. The molecule has 0 amide bonds. The predicted octanol–water partition coefficient (Wildman–Crippen LogP) is 3.30. The number of nitrogens with zero attached hydrogens (tertiary/aromatic N) is 1. The molecular formula is C14H11BrN2O4. The fourth-order valence-corrected chi connectivity index (χ4v) is 2.15. The van der Waals surface area contributed by atoms with Crippen LogP contribution in [-0.4, -0.2) is 10.9 Å². The van der Waals surface area contributed by atoms with Crippen molar-refractivity contribution in [2.24, 2.45) is 0 Å². The largest absolute Gasteiger partial charge is 0.457 e. The first kappa shape index (κ1) is 15.0. The van der Waals surface area contributed by atoms with Crippen LogP contribution in [0, 0.1) is 10.1 Å². The molecule has 0 aliphatic carbocycles. The van der Waals surface area contributed by atoms with E-state index in [1.54, 1.807) is 0 Å². The topological polar surface area (TPSA) is 95.5 Å². The van der Waals surface area contributed by atoms with Crippen LogP contribution in [-0.2, 0) is 11.3 Å². The van der Waals surface area contributed by atoms with Gasteiger partial charge in [0, 0.05) is 16.6 Å². The maximum Gasteiger partial charge on any atom is 0.340 e. The van der Waals surface area contributed by atoms with Crippen molar-refractivity contribution < 1.29 is 14.5 Å². The summed E-state index contributed by atoms with van der Waals surface area (Å²) in [7, 11) is 0. The van der Waals surface area contributed by atoms with Crippen LogP contribution in [0.3, 0.4) is 0 Å². The zero-order chi connectivity index (χ0) is 15.4. The van der Waals surface area contributed by atoms with Gasteiger partial charge in [0.1, 0.15) is 6.61 Å². The Balaban J connectivity index is 2.08. The zero-order valence-electron chi connectivity index (χ0n) is 10.8. The smallest absolute Gasteiger partial charge is 0.340 e. The number of nitro benzene ring substituents is 1. The van der Waals surface area contributed by atoms with Gasteiger partial charge in [0.25, 0.3) is 5.69 Å². The van der Waals surface area contributed by atoms with Crippen molar-refractivity contribution in [1.29, 1.82) is 0 Å². The number of hydrogen-bond donors (Lipinski definition) is 1. The average molecular weight is 351 g/mol. The number of esters is 1. The summed E-state index contributed by atoms with van der Waals surface area (Å²) in [5.74, 6) is -0.623. The number of nitrogen functional groups attached to an aromatic ring is 1. The SMILES string of the molecule is Nc1cc([N+](=O)[O-])ccc1C(=O)OCc1cccc(Br)c1. The molecule has 0 saturated heterocycles. The molecule has 2 aromatic rings. The van der Waals surface area contributed by atoms with Crippen LogP contribution in [0.15, 0.2) is 46.9 Å². The molecule has 0 heterocycles. The molecule has 0 spiro atoms. The molecule has 0 aromatic heterocycles. The van der Waals surface area contributed by atoms with Gasteiger partial charge in [-0.3, -0.25) is 10.1 Å². The van der Waals surface area contributed by atoms with E-state index in [1.165, 1.54) is 12.1 Å². The summed E-state index contributed by atoms with van der Waals surface area (Å²) in [6.07, 6.45) is 0. The molecule has 108 valence electrons. The first-order valence-electron chi connectivity index (χ1n) is 5.93. The van der Waals surface area contributed by atoms with Gasteiger partial charge in [-0.25, -0.2) is 4.79 Å². The Morgan fingerprint density at radius 2 is 2.05 bits per heavy atom. The van der Waals surface area contributed by atoms with E-state index in [2.05, 4.69) is 15.9 Å². The van der Waals surface area contributed by atoms with Crippen LogP contribution in [0.2, 0.25) is 0 Å². The summed E-state index contributed by atoms with van der Waals surface area (Å²) in [5.41, 5.74) is 6.41. The molecule has 0 aliphatic rings. The first-order valence-corrected chi connectivity index (χ1v) is 6.72.